The smallest absolute Gasteiger partial charge is 0.335 e. The van der Waals surface area contributed by atoms with E-state index < -0.39 is 35.3 Å². The molecule has 0 spiro atoms. The van der Waals surface area contributed by atoms with Gasteiger partial charge in [-0.05, 0) is 0 Å². The molecule has 0 bridgehead atoms. The molecule has 0 saturated carbocycles. The number of aliphatic hydroxyl groups excluding tert-OH is 2. The lowest BCUT2D eigenvalue weighted by Crippen LogP contribution is -2.39. The molecule has 8 heteroatoms. The van der Waals surface area contributed by atoms with Crippen LogP contribution in [0.2, 0.25) is 0 Å². The van der Waals surface area contributed by atoms with Gasteiger partial charge in [-0.3, -0.25) is 0 Å². The number of carbonyl (C=O) groups is 2. The third kappa shape index (κ3) is 9.26. The van der Waals surface area contributed by atoms with Crippen LogP contribution in [0.3, 0.4) is 0 Å². The Kier molecular flexibility index (Phi) is 8.44. The molecule has 0 rings (SSSR count). The molecule has 0 heterocycles. The van der Waals surface area contributed by atoms with E-state index in [0.717, 1.165) is 0 Å². The number of carboxylic acids is 2. The Balaban J connectivity index is 0. The van der Waals surface area contributed by atoms with Gasteiger partial charge in [0.25, 0.3) is 0 Å². The molecule has 0 saturated heterocycles. The minimum atomic E-state index is -2.27. The van der Waals surface area contributed by atoms with Gasteiger partial charge in [-0.2, -0.15) is 0 Å². The first-order valence-electron chi connectivity index (χ1n) is 3.27. The van der Waals surface area contributed by atoms with E-state index in [4.69, 9.17) is 20.4 Å². The summed E-state index contributed by atoms with van der Waals surface area (Å²) in [4.78, 5) is 19.5. The van der Waals surface area contributed by atoms with Gasteiger partial charge in [-0.1, -0.05) is 11.2 Å². The van der Waals surface area contributed by atoms with Crippen LogP contribution in [-0.4, -0.2) is 61.6 Å². The van der Waals surface area contributed by atoms with Gasteiger partial charge >= 0.3 is 11.9 Å². The quantitative estimate of drug-likeness (QED) is 0.405. The normalized spacial score (nSPS) is 13.9. The number of aliphatic carboxylic acids is 2. The Morgan fingerprint density at radius 2 is 1.21 bits per heavy atom. The lowest BCUT2D eigenvalue weighted by molar-refractivity contribution is -0.165. The zero-order valence-corrected chi connectivity index (χ0v) is 8.39. The topological polar surface area (TPSA) is 138 Å². The van der Waals surface area contributed by atoms with Gasteiger partial charge in [-0.25, -0.2) is 9.59 Å². The molecule has 2 unspecified atom stereocenters. The number of hydrogen-bond acceptors (Lipinski definition) is 5. The van der Waals surface area contributed by atoms with Crippen molar-refractivity contribution in [2.75, 3.05) is 12.5 Å². The van der Waals surface area contributed by atoms with Crippen LogP contribution in [0.25, 0.3) is 0 Å². The van der Waals surface area contributed by atoms with E-state index in [1.165, 1.54) is 0 Å². The fraction of sp³-hybridized carbons (Fsp3) is 0.667. The minimum absolute atomic E-state index is 0.611. The molecule has 0 aromatic carbocycles. The average Bonchev–Trinajstić information content (AvgIpc) is 2.00. The summed E-state index contributed by atoms with van der Waals surface area (Å²) in [6.45, 7) is 0. The predicted molar refractivity (Wildman–Crippen MR) is 47.3 cm³/mol. The molecule has 0 radical (unpaired) electrons. The summed E-state index contributed by atoms with van der Waals surface area (Å²) < 4.78 is 9.56. The molecule has 84 valence electrons. The summed E-state index contributed by atoms with van der Waals surface area (Å²) in [5.74, 6) is -3.54. The fourth-order valence-corrected chi connectivity index (χ4v) is 0.270. The number of aliphatic hydroxyl groups is 2. The maximum absolute atomic E-state index is 9.77. The van der Waals surface area contributed by atoms with Gasteiger partial charge in [0.2, 0.25) is 0 Å². The van der Waals surface area contributed by atoms with E-state index in [2.05, 4.69) is 0 Å². The highest BCUT2D eigenvalue weighted by atomic mass is 32.2. The first-order valence-corrected chi connectivity index (χ1v) is 5.23. The van der Waals surface area contributed by atoms with E-state index in [1.807, 2.05) is 0 Å². The second kappa shape index (κ2) is 7.56. The zero-order chi connectivity index (χ0) is 11.9. The Hall–Kier alpha value is -0.830. The van der Waals surface area contributed by atoms with Crippen LogP contribution in [0.1, 0.15) is 0 Å². The van der Waals surface area contributed by atoms with Crippen molar-refractivity contribution in [3.05, 3.63) is 0 Å². The monoisotopic (exact) mass is 228 g/mol. The Labute approximate surface area is 83.2 Å². The lowest BCUT2D eigenvalue weighted by Gasteiger charge is -2.07. The van der Waals surface area contributed by atoms with Crippen molar-refractivity contribution in [1.29, 1.82) is 0 Å². The summed E-state index contributed by atoms with van der Waals surface area (Å²) in [5, 5.41) is 32.5. The molecule has 0 amide bonds. The summed E-state index contributed by atoms with van der Waals surface area (Å²) in [6.07, 6.45) is -1.25. The number of hydrogen-bond donors (Lipinski definition) is 4. The van der Waals surface area contributed by atoms with Crippen LogP contribution < -0.4 is 0 Å². The van der Waals surface area contributed by atoms with Gasteiger partial charge in [-0.15, -0.1) is 0 Å². The standard InChI is InChI=1S/C4H6O6.C2H6OS/c5-1(3(7)8)2(6)4(9)10;1-4(2)3/h1-2,5-6H,(H,7,8)(H,9,10);1-2H3. The molecule has 2 atom stereocenters. The summed E-state index contributed by atoms with van der Waals surface area (Å²) in [5.41, 5.74) is 0. The zero-order valence-electron chi connectivity index (χ0n) is 7.58. The van der Waals surface area contributed by atoms with Gasteiger partial charge in [0.1, 0.15) is 0 Å². The summed E-state index contributed by atoms with van der Waals surface area (Å²) in [6, 6.07) is 0. The van der Waals surface area contributed by atoms with Crippen LogP contribution in [0.4, 0.5) is 0 Å². The molecule has 0 aliphatic rings. The van der Waals surface area contributed by atoms with Crippen LogP contribution in [0.5, 0.6) is 0 Å². The molecule has 4 N–H and O–H groups in total. The molecule has 7 nitrogen and oxygen atoms in total. The van der Waals surface area contributed by atoms with E-state index in [0.29, 0.717) is 0 Å². The molecule has 0 aliphatic carbocycles. The average molecular weight is 228 g/mol. The van der Waals surface area contributed by atoms with Crippen LogP contribution in [-0.2, 0) is 20.8 Å². The molecule has 0 aromatic heterocycles. The fourth-order valence-electron chi connectivity index (χ4n) is 0.270. The predicted octanol–water partition coefficient (Wildman–Crippen LogP) is -2.13. The van der Waals surface area contributed by atoms with Crippen molar-refractivity contribution in [2.24, 2.45) is 0 Å². The maximum Gasteiger partial charge on any atom is 0.335 e. The summed E-state index contributed by atoms with van der Waals surface area (Å²) in [7, 11) is 0. The number of carboxylic acid groups (broad SMARTS) is 2. The molecule has 0 aliphatic heterocycles. The lowest BCUT2D eigenvalue weighted by atomic mass is 10.2. The third-order valence-corrected chi connectivity index (χ3v) is 0.805. The van der Waals surface area contributed by atoms with Crippen molar-refractivity contribution >= 4 is 23.1 Å². The first kappa shape index (κ1) is 15.6. The van der Waals surface area contributed by atoms with E-state index in [1.54, 1.807) is 12.5 Å². The molecule has 0 aromatic rings. The second-order valence-corrected chi connectivity index (χ2v) is 3.79. The Morgan fingerprint density at radius 1 is 1.07 bits per heavy atom. The van der Waals surface area contributed by atoms with E-state index in [9.17, 15) is 14.1 Å². The molecule has 0 fully saturated rings. The van der Waals surface area contributed by atoms with Crippen LogP contribution in [0.15, 0.2) is 0 Å². The van der Waals surface area contributed by atoms with Crippen molar-refractivity contribution in [1.82, 2.24) is 0 Å². The van der Waals surface area contributed by atoms with Crippen molar-refractivity contribution in [3.8, 4) is 0 Å². The van der Waals surface area contributed by atoms with Crippen molar-refractivity contribution in [2.45, 2.75) is 12.2 Å². The van der Waals surface area contributed by atoms with Gasteiger partial charge in [0.05, 0.1) is 12.5 Å². The largest absolute Gasteiger partial charge is 0.617 e. The highest BCUT2D eigenvalue weighted by Crippen LogP contribution is 1.92. The maximum atomic E-state index is 9.77. The number of rotatable bonds is 3. The van der Waals surface area contributed by atoms with Gasteiger partial charge in [0, 0.05) is 0 Å². The molecular formula is C6H12O7S. The van der Waals surface area contributed by atoms with Crippen LogP contribution in [0, 0.1) is 0 Å². The van der Waals surface area contributed by atoms with E-state index in [-0.39, 0.29) is 0 Å². The van der Waals surface area contributed by atoms with Gasteiger partial charge in [0.15, 0.2) is 12.2 Å². The van der Waals surface area contributed by atoms with Gasteiger partial charge < -0.3 is 25.0 Å². The van der Waals surface area contributed by atoms with Crippen LogP contribution >= 0.6 is 0 Å². The van der Waals surface area contributed by atoms with Crippen molar-refractivity contribution in [3.63, 3.8) is 0 Å². The van der Waals surface area contributed by atoms with Crippen molar-refractivity contribution < 1.29 is 34.6 Å². The highest BCUT2D eigenvalue weighted by Gasteiger charge is 2.29. The van der Waals surface area contributed by atoms with E-state index >= 15 is 0 Å². The second-order valence-electron chi connectivity index (χ2n) is 2.31. The summed E-state index contributed by atoms with van der Waals surface area (Å²) >= 11 is -0.611. The molecular weight excluding hydrogens is 216 g/mol. The third-order valence-electron chi connectivity index (χ3n) is 0.805. The SMILES string of the molecule is C[S+](C)[O-].O=C(O)C(O)C(O)C(=O)O. The molecule has 14 heavy (non-hydrogen) atoms. The Bertz CT molecular complexity index is 172. The first-order chi connectivity index (χ1) is 6.20. The minimum Gasteiger partial charge on any atom is -0.617 e. The highest BCUT2D eigenvalue weighted by molar-refractivity contribution is 7.89. The Morgan fingerprint density at radius 3 is 1.29 bits per heavy atom.